The van der Waals surface area contributed by atoms with Crippen LogP contribution in [0, 0.1) is 0 Å². The van der Waals surface area contributed by atoms with Crippen molar-refractivity contribution in [2.75, 3.05) is 26.4 Å². The normalized spacial score (nSPS) is 21.2. The number of unbranched alkanes of at least 4 members (excludes halogenated alkanes) is 22. The molecule has 13 heteroatoms. The van der Waals surface area contributed by atoms with Crippen LogP contribution in [-0.2, 0) is 38.3 Å². The Kier molecular flexibility index (Phi) is 32.0. The quantitative estimate of drug-likeness (QED) is 0.0205. The summed E-state index contributed by atoms with van der Waals surface area (Å²) in [6.07, 6.45) is 25.7. The van der Waals surface area contributed by atoms with E-state index in [4.69, 9.17) is 23.5 Å². The average molecular weight is 795 g/mol. The van der Waals surface area contributed by atoms with E-state index in [1.807, 2.05) is 0 Å². The lowest BCUT2D eigenvalue weighted by Gasteiger charge is -2.41. The van der Waals surface area contributed by atoms with Crippen LogP contribution >= 0.6 is 0 Å². The first kappa shape index (κ1) is 50.9. The zero-order valence-corrected chi connectivity index (χ0v) is 34.6. The highest BCUT2D eigenvalue weighted by Gasteiger charge is 2.48. The van der Waals surface area contributed by atoms with Gasteiger partial charge in [0.1, 0.15) is 30.5 Å². The third kappa shape index (κ3) is 27.4. The predicted octanol–water partition coefficient (Wildman–Crippen LogP) is 8.30. The molecule has 0 saturated carbocycles. The molecule has 1 rings (SSSR count). The van der Waals surface area contributed by atoms with E-state index >= 15 is 0 Å². The lowest BCUT2D eigenvalue weighted by Crippen LogP contribution is -2.60. The van der Waals surface area contributed by atoms with Crippen molar-refractivity contribution in [2.24, 2.45) is 0 Å². The van der Waals surface area contributed by atoms with Gasteiger partial charge in [-0.2, -0.15) is 8.42 Å². The van der Waals surface area contributed by atoms with Crippen molar-refractivity contribution >= 4 is 16.4 Å². The Labute approximate surface area is 328 Å². The van der Waals surface area contributed by atoms with Crippen LogP contribution in [-0.4, -0.2) is 97.5 Å². The van der Waals surface area contributed by atoms with Gasteiger partial charge in [-0.25, -0.2) is 4.18 Å². The van der Waals surface area contributed by atoms with Crippen molar-refractivity contribution in [3.05, 3.63) is 12.2 Å². The van der Waals surface area contributed by atoms with Crippen LogP contribution in [0.4, 0.5) is 0 Å². The van der Waals surface area contributed by atoms with E-state index in [1.165, 1.54) is 116 Å². The second kappa shape index (κ2) is 33.9. The summed E-state index contributed by atoms with van der Waals surface area (Å²) in [5, 5.41) is 30.5. The minimum Gasteiger partial charge on any atom is -0.457 e. The monoisotopic (exact) mass is 795 g/mol. The lowest BCUT2D eigenvalue weighted by molar-refractivity contribution is -0.301. The summed E-state index contributed by atoms with van der Waals surface area (Å²) in [5.41, 5.74) is 0. The Morgan fingerprint density at radius 1 is 0.685 bits per heavy atom. The molecule has 320 valence electrons. The minimum atomic E-state index is -5.05. The molecule has 6 unspecified atom stereocenters. The van der Waals surface area contributed by atoms with Crippen LogP contribution in [0.1, 0.15) is 181 Å². The van der Waals surface area contributed by atoms with Gasteiger partial charge in [-0.3, -0.25) is 9.35 Å². The van der Waals surface area contributed by atoms with Gasteiger partial charge >= 0.3 is 16.4 Å². The maximum Gasteiger partial charge on any atom is 0.397 e. The molecule has 0 aromatic heterocycles. The first-order chi connectivity index (χ1) is 26.1. The van der Waals surface area contributed by atoms with Gasteiger partial charge in [0.15, 0.2) is 6.29 Å². The number of carbonyl (C=O) groups excluding carboxylic acids is 1. The van der Waals surface area contributed by atoms with Crippen LogP contribution in [0.15, 0.2) is 12.2 Å². The lowest BCUT2D eigenvalue weighted by atomic mass is 9.99. The van der Waals surface area contributed by atoms with Gasteiger partial charge in [0.25, 0.3) is 0 Å². The van der Waals surface area contributed by atoms with Gasteiger partial charge in [0.2, 0.25) is 0 Å². The molecule has 12 nitrogen and oxygen atoms in total. The van der Waals surface area contributed by atoms with E-state index in [0.29, 0.717) is 13.0 Å². The first-order valence-corrected chi connectivity index (χ1v) is 22.8. The highest BCUT2D eigenvalue weighted by molar-refractivity contribution is 7.80. The Morgan fingerprint density at radius 3 is 1.67 bits per heavy atom. The zero-order valence-electron chi connectivity index (χ0n) is 33.8. The highest BCUT2D eigenvalue weighted by Crippen LogP contribution is 2.26. The van der Waals surface area contributed by atoms with Crippen molar-refractivity contribution in [3.8, 4) is 0 Å². The van der Waals surface area contributed by atoms with Crippen LogP contribution in [0.5, 0.6) is 0 Å². The molecular formula is C41H78O12S. The number of aliphatic hydroxyl groups excluding tert-OH is 3. The second-order valence-corrected chi connectivity index (χ2v) is 16.0. The Hall–Kier alpha value is -1.16. The molecule has 0 spiro atoms. The molecule has 54 heavy (non-hydrogen) atoms. The summed E-state index contributed by atoms with van der Waals surface area (Å²) in [5.74, 6) is -0.403. The van der Waals surface area contributed by atoms with Gasteiger partial charge in [-0.05, 0) is 38.5 Å². The smallest absolute Gasteiger partial charge is 0.397 e. The van der Waals surface area contributed by atoms with Crippen molar-refractivity contribution in [1.29, 1.82) is 0 Å². The molecule has 0 radical (unpaired) electrons. The molecule has 1 saturated heterocycles. The van der Waals surface area contributed by atoms with Crippen LogP contribution < -0.4 is 0 Å². The molecule has 1 aliphatic rings. The van der Waals surface area contributed by atoms with E-state index in [0.717, 1.165) is 38.5 Å². The fourth-order valence-electron chi connectivity index (χ4n) is 6.61. The van der Waals surface area contributed by atoms with E-state index in [1.54, 1.807) is 0 Å². The number of hydrogen-bond donors (Lipinski definition) is 4. The molecule has 0 bridgehead atoms. The molecule has 1 heterocycles. The summed E-state index contributed by atoms with van der Waals surface area (Å²) in [4.78, 5) is 12.8. The highest BCUT2D eigenvalue weighted by atomic mass is 32.3. The number of carbonyl (C=O) groups is 1. The van der Waals surface area contributed by atoms with Crippen molar-refractivity contribution in [3.63, 3.8) is 0 Å². The van der Waals surface area contributed by atoms with E-state index in [2.05, 4.69) is 30.2 Å². The third-order valence-electron chi connectivity index (χ3n) is 9.89. The molecule has 1 aliphatic heterocycles. The average Bonchev–Trinajstić information content (AvgIpc) is 3.14. The minimum absolute atomic E-state index is 0.0378. The number of hydrogen-bond acceptors (Lipinski definition) is 11. The number of allylic oxidation sites excluding steroid dienone is 2. The largest absolute Gasteiger partial charge is 0.457 e. The number of esters is 1. The summed E-state index contributed by atoms with van der Waals surface area (Å²) in [6.45, 7) is 3.93. The van der Waals surface area contributed by atoms with E-state index in [-0.39, 0.29) is 19.6 Å². The van der Waals surface area contributed by atoms with Crippen molar-refractivity contribution < 1.29 is 56.2 Å². The van der Waals surface area contributed by atoms with Crippen LogP contribution in [0.2, 0.25) is 0 Å². The number of aliphatic hydroxyl groups is 3. The summed E-state index contributed by atoms with van der Waals surface area (Å²) in [7, 11) is -5.05. The maximum atomic E-state index is 12.8. The molecular weight excluding hydrogens is 717 g/mol. The summed E-state index contributed by atoms with van der Waals surface area (Å²) in [6, 6.07) is 0. The molecule has 4 N–H and O–H groups in total. The van der Waals surface area contributed by atoms with Gasteiger partial charge in [-0.1, -0.05) is 148 Å². The molecule has 0 amide bonds. The predicted molar refractivity (Wildman–Crippen MR) is 211 cm³/mol. The second-order valence-electron chi connectivity index (χ2n) is 14.9. The van der Waals surface area contributed by atoms with Gasteiger partial charge in [0, 0.05) is 13.0 Å². The molecule has 0 aromatic carbocycles. The third-order valence-corrected chi connectivity index (χ3v) is 10.4. The van der Waals surface area contributed by atoms with Gasteiger partial charge in [0.05, 0.1) is 19.8 Å². The zero-order chi connectivity index (χ0) is 39.7. The fraction of sp³-hybridized carbons (Fsp3) is 0.927. The Morgan fingerprint density at radius 2 is 1.17 bits per heavy atom. The van der Waals surface area contributed by atoms with Gasteiger partial charge < -0.3 is 34.3 Å². The van der Waals surface area contributed by atoms with Crippen molar-refractivity contribution in [1.82, 2.24) is 0 Å². The fourth-order valence-corrected chi connectivity index (χ4v) is 7.12. The van der Waals surface area contributed by atoms with Crippen LogP contribution in [0.25, 0.3) is 0 Å². The maximum absolute atomic E-state index is 12.8. The van der Waals surface area contributed by atoms with Crippen molar-refractivity contribution in [2.45, 2.75) is 218 Å². The standard InChI is InChI=1S/C41H78O12S/c1-3-5-7-9-11-12-13-14-15-16-17-18-19-20-21-22-23-24-25-26-28-30-37(43)51-35(33-49-31-29-27-10-8-6-4-2)34-50-41-39(45)40(53-54(46,47)48)38(44)36(32-42)52-41/h16-17,35-36,38-42,44-45H,3-15,18-34H2,1-2H3,(H,46,47,48)/b17-16-. The number of rotatable bonds is 37. The number of ether oxygens (including phenoxy) is 4. The Bertz CT molecular complexity index is 1010. The van der Waals surface area contributed by atoms with E-state index in [9.17, 15) is 28.5 Å². The first-order valence-electron chi connectivity index (χ1n) is 21.4. The SMILES string of the molecule is CCCCCCCCCC/C=C\CCCCCCCCCCCC(=O)OC(COCCCCCCCC)COC1OC(CO)C(O)C(OS(=O)(=O)O)C1O. The molecule has 6 atom stereocenters. The molecule has 0 aromatic rings. The van der Waals surface area contributed by atoms with Crippen LogP contribution in [0.3, 0.4) is 0 Å². The van der Waals surface area contributed by atoms with E-state index < -0.39 is 59.8 Å². The summed E-state index contributed by atoms with van der Waals surface area (Å²) >= 11 is 0. The topological polar surface area (TPSA) is 178 Å². The van der Waals surface area contributed by atoms with Gasteiger partial charge in [-0.15, -0.1) is 0 Å². The molecule has 0 aliphatic carbocycles. The Balaban J connectivity index is 2.32. The summed E-state index contributed by atoms with van der Waals surface area (Å²) < 4.78 is 58.7. The molecule has 1 fully saturated rings.